The molecule has 0 fully saturated rings. The van der Waals surface area contributed by atoms with Crippen molar-refractivity contribution in [2.75, 3.05) is 6.61 Å². The van der Waals surface area contributed by atoms with Crippen molar-refractivity contribution in [3.63, 3.8) is 0 Å². The number of benzene rings is 1. The fraction of sp³-hybridized carbons (Fsp3) is 0.267. The number of carbonyl (C=O) groups excluding carboxylic acids is 1. The van der Waals surface area contributed by atoms with E-state index in [0.717, 1.165) is 18.4 Å². The molecule has 0 amide bonds. The van der Waals surface area contributed by atoms with Gasteiger partial charge in [0.25, 0.3) is 0 Å². The zero-order chi connectivity index (χ0) is 11.9. The van der Waals surface area contributed by atoms with E-state index in [1.807, 2.05) is 24.3 Å². The zero-order valence-electron chi connectivity index (χ0n) is 9.76. The minimum Gasteiger partial charge on any atom is -0.457 e. The van der Waals surface area contributed by atoms with Gasteiger partial charge in [-0.2, -0.15) is 0 Å². The Morgan fingerprint density at radius 3 is 2.82 bits per heavy atom. The van der Waals surface area contributed by atoms with Gasteiger partial charge in [0, 0.05) is 0 Å². The minimum atomic E-state index is -0.260. The Morgan fingerprint density at radius 2 is 2.00 bits per heavy atom. The Labute approximate surface area is 102 Å². The van der Waals surface area contributed by atoms with Crippen molar-refractivity contribution in [2.45, 2.75) is 19.3 Å². The highest BCUT2D eigenvalue weighted by atomic mass is 16.5. The monoisotopic (exact) mass is 228 g/mol. The molecule has 0 N–H and O–H groups in total. The molecule has 0 saturated heterocycles. The molecule has 0 atom stereocenters. The molecule has 17 heavy (non-hydrogen) atoms. The normalized spacial score (nSPS) is 14.9. The number of esters is 1. The Kier molecular flexibility index (Phi) is 4.14. The molecule has 0 heterocycles. The number of carbonyl (C=O) groups is 1. The molecule has 0 saturated carbocycles. The summed E-state index contributed by atoms with van der Waals surface area (Å²) in [5.74, 6) is -0.260. The van der Waals surface area contributed by atoms with E-state index in [9.17, 15) is 4.79 Å². The van der Waals surface area contributed by atoms with Gasteiger partial charge < -0.3 is 4.74 Å². The molecular weight excluding hydrogens is 212 g/mol. The quantitative estimate of drug-likeness (QED) is 0.740. The molecular formula is C15H16O2. The lowest BCUT2D eigenvalue weighted by Crippen LogP contribution is -2.07. The molecule has 88 valence electrons. The lowest BCUT2D eigenvalue weighted by atomic mass is 10.2. The van der Waals surface area contributed by atoms with E-state index in [0.29, 0.717) is 12.2 Å². The fourth-order valence-corrected chi connectivity index (χ4v) is 1.74. The van der Waals surface area contributed by atoms with E-state index in [4.69, 9.17) is 4.74 Å². The average Bonchev–Trinajstić information content (AvgIpc) is 2.65. The minimum absolute atomic E-state index is 0.260. The van der Waals surface area contributed by atoms with Crippen LogP contribution in [0.5, 0.6) is 0 Å². The third-order valence-electron chi connectivity index (χ3n) is 2.69. The molecule has 0 bridgehead atoms. The molecule has 2 rings (SSSR count). The average molecular weight is 228 g/mol. The summed E-state index contributed by atoms with van der Waals surface area (Å²) in [6.45, 7) is 0.365. The van der Waals surface area contributed by atoms with Crippen molar-refractivity contribution >= 4 is 5.97 Å². The van der Waals surface area contributed by atoms with Gasteiger partial charge in [0.1, 0.15) is 6.61 Å². The molecule has 2 nitrogen and oxygen atoms in total. The van der Waals surface area contributed by atoms with Crippen molar-refractivity contribution in [3.8, 4) is 0 Å². The molecule has 1 aliphatic rings. The molecule has 2 heteroatoms. The Hall–Kier alpha value is -1.83. The maximum atomic E-state index is 11.7. The van der Waals surface area contributed by atoms with Crippen LogP contribution in [0.25, 0.3) is 0 Å². The second-order valence-electron chi connectivity index (χ2n) is 4.05. The van der Waals surface area contributed by atoms with E-state index < -0.39 is 0 Å². The van der Waals surface area contributed by atoms with E-state index in [1.54, 1.807) is 12.1 Å². The van der Waals surface area contributed by atoms with Gasteiger partial charge in [-0.25, -0.2) is 4.79 Å². The van der Waals surface area contributed by atoms with Crippen LogP contribution in [0.1, 0.15) is 29.6 Å². The first-order valence-corrected chi connectivity index (χ1v) is 5.94. The van der Waals surface area contributed by atoms with E-state index >= 15 is 0 Å². The van der Waals surface area contributed by atoms with Crippen molar-refractivity contribution in [2.24, 2.45) is 0 Å². The Balaban J connectivity index is 1.90. The van der Waals surface area contributed by atoms with E-state index in [-0.39, 0.29) is 5.97 Å². The van der Waals surface area contributed by atoms with Crippen LogP contribution in [0.3, 0.4) is 0 Å². The van der Waals surface area contributed by atoms with Crippen LogP contribution in [-0.4, -0.2) is 12.6 Å². The summed E-state index contributed by atoms with van der Waals surface area (Å²) in [4.78, 5) is 11.7. The van der Waals surface area contributed by atoms with Gasteiger partial charge in [0.05, 0.1) is 5.56 Å². The fourth-order valence-electron chi connectivity index (χ4n) is 1.74. The third kappa shape index (κ3) is 3.59. The van der Waals surface area contributed by atoms with Crippen molar-refractivity contribution < 1.29 is 9.53 Å². The van der Waals surface area contributed by atoms with Gasteiger partial charge >= 0.3 is 5.97 Å². The van der Waals surface area contributed by atoms with Gasteiger partial charge in [0.15, 0.2) is 0 Å². The summed E-state index contributed by atoms with van der Waals surface area (Å²) in [5, 5.41) is 0. The molecule has 0 aromatic heterocycles. The predicted molar refractivity (Wildman–Crippen MR) is 67.8 cm³/mol. The number of hydrogen-bond acceptors (Lipinski definition) is 2. The molecule has 1 aromatic rings. The summed E-state index contributed by atoms with van der Waals surface area (Å²) < 4.78 is 5.26. The van der Waals surface area contributed by atoms with Gasteiger partial charge in [-0.1, -0.05) is 36.4 Å². The van der Waals surface area contributed by atoms with Gasteiger partial charge in [-0.3, -0.25) is 0 Å². The van der Waals surface area contributed by atoms with Crippen LogP contribution in [0, 0.1) is 0 Å². The number of hydrogen-bond donors (Lipinski definition) is 0. The van der Waals surface area contributed by atoms with Crippen LogP contribution < -0.4 is 0 Å². The van der Waals surface area contributed by atoms with Crippen LogP contribution in [0.4, 0.5) is 0 Å². The lowest BCUT2D eigenvalue weighted by Gasteiger charge is -2.05. The molecule has 0 radical (unpaired) electrons. The first-order chi connectivity index (χ1) is 8.36. The smallest absolute Gasteiger partial charge is 0.338 e. The second kappa shape index (κ2) is 6.04. The van der Waals surface area contributed by atoms with Crippen LogP contribution in [0.2, 0.25) is 0 Å². The summed E-state index contributed by atoms with van der Waals surface area (Å²) in [6.07, 6.45) is 9.66. The summed E-state index contributed by atoms with van der Waals surface area (Å²) in [7, 11) is 0. The number of allylic oxidation sites excluding steroid dienone is 2. The first kappa shape index (κ1) is 11.6. The Morgan fingerprint density at radius 1 is 1.18 bits per heavy atom. The van der Waals surface area contributed by atoms with Crippen LogP contribution in [-0.2, 0) is 4.74 Å². The standard InChI is InChI=1S/C15H16O2/c16-15(14-10-6-3-7-11-14)17-12-13-8-4-1-2-5-9-13/h3-4,6-11H,1-2,5,12H2. The molecule has 1 aliphatic carbocycles. The first-order valence-electron chi connectivity index (χ1n) is 5.94. The van der Waals surface area contributed by atoms with E-state index in [1.165, 1.54) is 6.42 Å². The van der Waals surface area contributed by atoms with Crippen LogP contribution in [0.15, 0.2) is 54.1 Å². The van der Waals surface area contributed by atoms with Gasteiger partial charge in [-0.05, 0) is 37.0 Å². The summed E-state index contributed by atoms with van der Waals surface area (Å²) in [6, 6.07) is 9.08. The van der Waals surface area contributed by atoms with Crippen molar-refractivity contribution in [1.82, 2.24) is 0 Å². The highest BCUT2D eigenvalue weighted by Crippen LogP contribution is 2.11. The second-order valence-corrected chi connectivity index (χ2v) is 4.05. The third-order valence-corrected chi connectivity index (χ3v) is 2.69. The Bertz CT molecular complexity index is 429. The highest BCUT2D eigenvalue weighted by Gasteiger charge is 2.06. The lowest BCUT2D eigenvalue weighted by molar-refractivity contribution is 0.0542. The van der Waals surface area contributed by atoms with Gasteiger partial charge in [0.2, 0.25) is 0 Å². The SMILES string of the molecule is O=C(OCC1=CCCCC=C1)c1ccccc1. The molecule has 0 unspecified atom stereocenters. The zero-order valence-corrected chi connectivity index (χ0v) is 9.76. The molecule has 0 spiro atoms. The van der Waals surface area contributed by atoms with Crippen molar-refractivity contribution in [3.05, 3.63) is 59.7 Å². The summed E-state index contributed by atoms with van der Waals surface area (Å²) >= 11 is 0. The van der Waals surface area contributed by atoms with Crippen LogP contribution >= 0.6 is 0 Å². The number of rotatable bonds is 3. The van der Waals surface area contributed by atoms with Crippen molar-refractivity contribution in [1.29, 1.82) is 0 Å². The largest absolute Gasteiger partial charge is 0.457 e. The molecule has 1 aromatic carbocycles. The van der Waals surface area contributed by atoms with E-state index in [2.05, 4.69) is 12.2 Å². The number of ether oxygens (including phenoxy) is 1. The maximum absolute atomic E-state index is 11.7. The summed E-state index contributed by atoms with van der Waals surface area (Å²) in [5.41, 5.74) is 1.69. The maximum Gasteiger partial charge on any atom is 0.338 e. The topological polar surface area (TPSA) is 26.3 Å². The van der Waals surface area contributed by atoms with Gasteiger partial charge in [-0.15, -0.1) is 0 Å². The molecule has 0 aliphatic heterocycles. The predicted octanol–water partition coefficient (Wildman–Crippen LogP) is 3.51. The highest BCUT2D eigenvalue weighted by molar-refractivity contribution is 5.89.